The first kappa shape index (κ1) is 69.8. The number of aliphatic hydroxyl groups excluding tert-OH is 14. The minimum atomic E-state index is -2.35. The summed E-state index contributed by atoms with van der Waals surface area (Å²) >= 11 is 0. The molecule has 6 aliphatic rings. The van der Waals surface area contributed by atoms with Crippen molar-refractivity contribution >= 4 is 47.4 Å². The topological polar surface area (TPSA) is 596 Å². The van der Waals surface area contributed by atoms with Crippen LogP contribution < -0.4 is 53.4 Å². The number of guanidine groups is 2. The normalized spacial score (nSPS) is 37.5. The summed E-state index contributed by atoms with van der Waals surface area (Å²) in [7, 11) is 0. The second-order valence-corrected chi connectivity index (χ2v) is 22.5. The van der Waals surface area contributed by atoms with Crippen LogP contribution in [0.3, 0.4) is 0 Å². The van der Waals surface area contributed by atoms with Crippen molar-refractivity contribution < 1.29 is 124 Å². The number of rotatable bonds is 17. The molecule has 91 heavy (non-hydrogen) atoms. The van der Waals surface area contributed by atoms with Crippen LogP contribution in [-0.4, -0.2) is 316 Å². The molecule has 504 valence electrons. The molecule has 4 fully saturated rings. The molecule has 25 N–H and O–H groups in total. The zero-order valence-electron chi connectivity index (χ0n) is 48.5. The molecule has 6 aliphatic heterocycles. The fourth-order valence-corrected chi connectivity index (χ4v) is 11.2. The van der Waals surface area contributed by atoms with Gasteiger partial charge in [0.1, 0.15) is 121 Å². The molecular weight excluding hydrogens is 1220 g/mol. The molecule has 2 aromatic rings. The first-order valence-corrected chi connectivity index (χ1v) is 28.9. The summed E-state index contributed by atoms with van der Waals surface area (Å²) in [6, 6.07) is 0.712. The summed E-state index contributed by atoms with van der Waals surface area (Å²) in [6.45, 7) is -3.91. The summed E-state index contributed by atoms with van der Waals surface area (Å²) in [5.41, 5.74) is 12.8. The number of hydrogen-bond donors (Lipinski definition) is 23. The third-order valence-electron chi connectivity index (χ3n) is 16.5. The lowest BCUT2D eigenvalue weighted by atomic mass is 9.92. The van der Waals surface area contributed by atoms with Crippen LogP contribution in [0, 0.1) is 0 Å². The van der Waals surface area contributed by atoms with Crippen molar-refractivity contribution in [3.8, 4) is 5.75 Å². The third-order valence-corrected chi connectivity index (χ3v) is 16.5. The Balaban J connectivity index is 1.11. The monoisotopic (exact) mass is 1290 g/mol. The number of hydrogen-bond acceptors (Lipinski definition) is 31. The Morgan fingerprint density at radius 3 is 1.79 bits per heavy atom. The van der Waals surface area contributed by atoms with Crippen molar-refractivity contribution in [1.29, 1.82) is 0 Å². The predicted octanol–water partition coefficient (Wildman–Crippen LogP) is -13.6. The first-order valence-electron chi connectivity index (χ1n) is 28.9. The van der Waals surface area contributed by atoms with E-state index in [2.05, 4.69) is 47.2 Å². The Bertz CT molecular complexity index is 2900. The van der Waals surface area contributed by atoms with Gasteiger partial charge < -0.3 is 149 Å². The summed E-state index contributed by atoms with van der Waals surface area (Å²) < 4.78 is 28.3. The molecule has 0 bridgehead atoms. The number of nitrogens with one attached hydrogen (secondary N) is 7. The fraction of sp³-hybridized carbons (Fsp3) is 0.630. The second-order valence-electron chi connectivity index (χ2n) is 22.5. The van der Waals surface area contributed by atoms with Crippen molar-refractivity contribution in [2.45, 2.75) is 166 Å². The molecule has 6 heterocycles. The van der Waals surface area contributed by atoms with Gasteiger partial charge in [0.05, 0.1) is 51.6 Å². The highest BCUT2D eigenvalue weighted by molar-refractivity contribution is 5.98. The lowest BCUT2D eigenvalue weighted by molar-refractivity contribution is -0.352. The van der Waals surface area contributed by atoms with Crippen LogP contribution in [0.25, 0.3) is 0 Å². The zero-order valence-corrected chi connectivity index (χ0v) is 48.5. The van der Waals surface area contributed by atoms with E-state index in [0.29, 0.717) is 5.56 Å². The van der Waals surface area contributed by atoms with Gasteiger partial charge in [-0.1, -0.05) is 49.4 Å². The van der Waals surface area contributed by atoms with Gasteiger partial charge >= 0.3 is 0 Å². The number of nitrogens with zero attached hydrogens (tertiary/aromatic N) is 3. The van der Waals surface area contributed by atoms with Gasteiger partial charge in [-0.05, 0) is 23.3 Å². The summed E-state index contributed by atoms with van der Waals surface area (Å²) in [5, 5.41) is 167. The highest BCUT2D eigenvalue weighted by Gasteiger charge is 2.54. The first-order chi connectivity index (χ1) is 43.3. The van der Waals surface area contributed by atoms with E-state index in [0.717, 1.165) is 4.90 Å². The zero-order chi connectivity index (χ0) is 66.3. The molecule has 37 nitrogen and oxygen atoms in total. The smallest absolute Gasteiger partial charge is 0.246 e. The van der Waals surface area contributed by atoms with E-state index in [-0.39, 0.29) is 23.8 Å². The molecule has 2 aromatic carbocycles. The highest BCUT2D eigenvalue weighted by Crippen LogP contribution is 2.32. The number of benzene rings is 2. The lowest BCUT2D eigenvalue weighted by Gasteiger charge is -2.46. The maximum atomic E-state index is 15.1. The van der Waals surface area contributed by atoms with E-state index in [1.54, 1.807) is 37.3 Å². The molecule has 8 rings (SSSR count). The van der Waals surface area contributed by atoms with Crippen LogP contribution in [0.15, 0.2) is 64.6 Å². The van der Waals surface area contributed by atoms with E-state index >= 15 is 9.59 Å². The van der Waals surface area contributed by atoms with Crippen molar-refractivity contribution in [3.05, 3.63) is 65.7 Å². The maximum Gasteiger partial charge on any atom is 0.246 e. The average molecular weight is 1300 g/mol. The van der Waals surface area contributed by atoms with Gasteiger partial charge in [0.15, 0.2) is 24.4 Å². The molecule has 4 saturated heterocycles. The van der Waals surface area contributed by atoms with Gasteiger partial charge in [-0.15, -0.1) is 0 Å². The van der Waals surface area contributed by atoms with Crippen LogP contribution in [0.2, 0.25) is 0 Å². The predicted molar refractivity (Wildman–Crippen MR) is 303 cm³/mol. The van der Waals surface area contributed by atoms with E-state index in [1.165, 1.54) is 24.3 Å². The van der Waals surface area contributed by atoms with Gasteiger partial charge in [0, 0.05) is 18.9 Å². The quantitative estimate of drug-likeness (QED) is 0.0699. The van der Waals surface area contributed by atoms with E-state index in [1.807, 2.05) is 0 Å². The number of ether oxygens (including phenoxy) is 5. The molecule has 0 spiro atoms. The maximum absolute atomic E-state index is 15.1. The van der Waals surface area contributed by atoms with Crippen molar-refractivity contribution in [2.24, 2.45) is 21.5 Å². The molecule has 0 aromatic heterocycles. The number of nitrogens with two attached hydrogens (primary N) is 2. The molecule has 6 amide bonds. The number of carbonyl (C=O) groups excluding carboxylic acids is 6. The molecule has 0 saturated carbocycles. The number of aliphatic imine (C=N–C) groups is 2. The van der Waals surface area contributed by atoms with E-state index in [4.69, 9.17) is 35.2 Å². The molecule has 0 radical (unpaired) electrons. The summed E-state index contributed by atoms with van der Waals surface area (Å²) in [6.07, 6.45) is -31.7. The Hall–Kier alpha value is -7.12. The fourth-order valence-electron chi connectivity index (χ4n) is 11.2. The van der Waals surface area contributed by atoms with Gasteiger partial charge in [0.25, 0.3) is 0 Å². The average Bonchev–Trinajstić information content (AvgIpc) is 1.85. The molecular formula is C54H78N12O25. The van der Waals surface area contributed by atoms with E-state index < -0.39 is 240 Å². The van der Waals surface area contributed by atoms with E-state index in [9.17, 15) is 90.7 Å². The van der Waals surface area contributed by atoms with Crippen molar-refractivity contribution in [3.63, 3.8) is 0 Å². The molecule has 1 unspecified atom stereocenters. The van der Waals surface area contributed by atoms with Crippen LogP contribution in [0.5, 0.6) is 5.75 Å². The Labute approximate surface area is 517 Å². The molecule has 0 aliphatic carbocycles. The lowest BCUT2D eigenvalue weighted by Crippen LogP contribution is -2.70. The third kappa shape index (κ3) is 15.7. The van der Waals surface area contributed by atoms with Crippen LogP contribution in [-0.2, 0) is 54.1 Å². The molecule has 37 heteroatoms. The second kappa shape index (κ2) is 30.5. The Morgan fingerprint density at radius 2 is 1.16 bits per heavy atom. The number of carbonyl (C=O) groups is 6. The van der Waals surface area contributed by atoms with Crippen LogP contribution >= 0.6 is 0 Å². The minimum Gasteiger partial charge on any atom is -0.462 e. The molecule has 25 atom stereocenters. The van der Waals surface area contributed by atoms with Crippen LogP contribution in [0.4, 0.5) is 0 Å². The van der Waals surface area contributed by atoms with Gasteiger partial charge in [-0.25, -0.2) is 4.99 Å². The summed E-state index contributed by atoms with van der Waals surface area (Å²) in [5.74, 6) is -9.02. The number of aliphatic hydroxyl groups is 14. The Morgan fingerprint density at radius 1 is 0.593 bits per heavy atom. The van der Waals surface area contributed by atoms with Gasteiger partial charge in [-0.2, -0.15) is 0 Å². The minimum absolute atomic E-state index is 0.0751. The van der Waals surface area contributed by atoms with Crippen molar-refractivity contribution in [2.75, 3.05) is 46.1 Å². The van der Waals surface area contributed by atoms with Crippen LogP contribution in [0.1, 0.15) is 24.0 Å². The van der Waals surface area contributed by atoms with Gasteiger partial charge in [-0.3, -0.25) is 33.8 Å². The Kier molecular flexibility index (Phi) is 23.4. The number of amides is 6. The standard InChI is InChI=1S/C54H78N12O25/c1-19(21-5-3-2-4-6-21)31-47(84)60-23(11-20-7-9-22(10-8-20)87-51-43(81)40(78)44(29(18-70)90-51)91-52-42(80)39(77)37(75)28(17-69)89-52)46(83)64-32(34(72)24-12-58-53(55)62-24)49(86)65-33(48(85)61-25(15-67)45(82)57-14-30(71)63-31)35(73)26-13-59-54(56)66(26)50-41(79)38(76)36(74)27(16-68)88-50/h2-10,19,23-29,31-44,50-52,67-70,72-81H,11-18H2,1H3,(H2,56,59)(H,57,82)(H,60,84)(H,61,85)(H,63,71)(H,64,83)(H,65,86)(H3,55,58,62)/t19-,23+,24-,25-,26-,27+,28+,29+,31?,32-,33+,34-,35-,36+,37+,38-,39-,40+,41-,42-,43-,44+,50-,51-,52+/m0/s1. The van der Waals surface area contributed by atoms with Crippen molar-refractivity contribution in [1.82, 2.24) is 42.1 Å². The van der Waals surface area contributed by atoms with Gasteiger partial charge in [0.2, 0.25) is 41.7 Å². The highest BCUT2D eigenvalue weighted by atomic mass is 16.7. The largest absolute Gasteiger partial charge is 0.462 e. The summed E-state index contributed by atoms with van der Waals surface area (Å²) in [4.78, 5) is 96.1. The SMILES string of the molecule is C[C@@H](c1ccccc1)C1NC(=O)CNC(=O)[C@H](CO)NC(=O)[C@@H]([C@@H](O)[C@@H]2CN=C(N)N2[C@H]2O[C@H](CO)[C@@H](O)[C@H](O)[C@@H]2O)NC(=O)[C@H]([C@@H](O)[C@@H]2CNC(N)=N2)NC(=O)[C@@H](Cc2ccc(O[C@H]3O[C@H](CO)[C@@H](O[C@H]4O[C@H](CO)[C@@H](O)[C@H](O)[C@@H]4O)[C@H](O)[C@@H]3O)cc2)NC1=O.